The molecule has 0 fully saturated rings. The first-order valence-corrected chi connectivity index (χ1v) is 3.95. The van der Waals surface area contributed by atoms with Gasteiger partial charge in [-0.3, -0.25) is 4.79 Å². The lowest BCUT2D eigenvalue weighted by atomic mass is 9.90. The number of ether oxygens (including phenoxy) is 1. The van der Waals surface area contributed by atoms with Crippen molar-refractivity contribution in [2.45, 2.75) is 26.7 Å². The highest BCUT2D eigenvalue weighted by atomic mass is 16.5. The van der Waals surface area contributed by atoms with Crippen LogP contribution in [0.25, 0.3) is 0 Å². The molecule has 4 heteroatoms. The van der Waals surface area contributed by atoms with E-state index in [2.05, 4.69) is 0 Å². The molecule has 0 aromatic heterocycles. The molecule has 0 saturated carbocycles. The van der Waals surface area contributed by atoms with Crippen LogP contribution in [0.3, 0.4) is 0 Å². The molecule has 0 spiro atoms. The third-order valence-corrected chi connectivity index (χ3v) is 1.52. The van der Waals surface area contributed by atoms with Crippen molar-refractivity contribution >= 4 is 5.97 Å². The smallest absolute Gasteiger partial charge is 0.312 e. The summed E-state index contributed by atoms with van der Waals surface area (Å²) < 4.78 is 4.79. The Labute approximate surface area is 77.7 Å². The van der Waals surface area contributed by atoms with Crippen molar-refractivity contribution in [3.8, 4) is 12.1 Å². The molecule has 0 amide bonds. The van der Waals surface area contributed by atoms with E-state index in [1.807, 2.05) is 12.1 Å². The van der Waals surface area contributed by atoms with Crippen LogP contribution in [0.1, 0.15) is 26.7 Å². The summed E-state index contributed by atoms with van der Waals surface area (Å²) in [5, 5.41) is 16.6. The normalized spacial score (nSPS) is 9.85. The van der Waals surface area contributed by atoms with Gasteiger partial charge in [-0.25, -0.2) is 0 Å². The largest absolute Gasteiger partial charge is 0.464 e. The number of hydrogen-bond donors (Lipinski definition) is 0. The zero-order valence-corrected chi connectivity index (χ0v) is 7.83. The predicted octanol–water partition coefficient (Wildman–Crippen LogP) is 1.38. The van der Waals surface area contributed by atoms with Gasteiger partial charge in [0.25, 0.3) is 0 Å². The number of carbonyl (C=O) groups excluding carboxylic acids is 1. The maximum Gasteiger partial charge on any atom is 0.312 e. The van der Waals surface area contributed by atoms with E-state index in [0.717, 1.165) is 0 Å². The van der Waals surface area contributed by atoms with E-state index in [0.29, 0.717) is 0 Å². The molecule has 13 heavy (non-hydrogen) atoms. The number of esters is 1. The Bertz CT molecular complexity index is 258. The van der Waals surface area contributed by atoms with Gasteiger partial charge in [-0.1, -0.05) is 0 Å². The summed E-state index contributed by atoms with van der Waals surface area (Å²) >= 11 is 0. The Kier molecular flexibility index (Phi) is 4.54. The Morgan fingerprint density at radius 1 is 1.38 bits per heavy atom. The van der Waals surface area contributed by atoms with E-state index >= 15 is 0 Å². The number of carbonyl (C=O) groups is 1. The fraction of sp³-hybridized carbons (Fsp3) is 0.667. The lowest BCUT2D eigenvalue weighted by Crippen LogP contribution is -2.26. The van der Waals surface area contributed by atoms with Crippen LogP contribution in [0, 0.1) is 28.1 Å². The van der Waals surface area contributed by atoms with Gasteiger partial charge < -0.3 is 4.74 Å². The van der Waals surface area contributed by atoms with Crippen molar-refractivity contribution in [1.29, 1.82) is 10.5 Å². The third kappa shape index (κ3) is 4.12. The molecule has 0 saturated heterocycles. The van der Waals surface area contributed by atoms with Crippen LogP contribution in [0.2, 0.25) is 0 Å². The second-order valence-corrected chi connectivity index (χ2v) is 3.26. The van der Waals surface area contributed by atoms with Crippen LogP contribution in [-0.4, -0.2) is 12.6 Å². The summed E-state index contributed by atoms with van der Waals surface area (Å²) in [6.07, 6.45) is 0.312. The molecule has 0 N–H and O–H groups in total. The molecular weight excluding hydrogens is 168 g/mol. The third-order valence-electron chi connectivity index (χ3n) is 1.52. The zero-order chi connectivity index (χ0) is 10.3. The maximum atomic E-state index is 11.2. The van der Waals surface area contributed by atoms with Crippen molar-refractivity contribution in [3.05, 3.63) is 0 Å². The molecule has 0 aliphatic heterocycles. The van der Waals surface area contributed by atoms with Crippen LogP contribution in [0.5, 0.6) is 0 Å². The standard InChI is InChI=1S/C9H12N2O2/c1-9(2,4-6-11)8(12)13-7-3-5-10/h3-4,7H2,1-2H3. The molecule has 0 aliphatic carbocycles. The molecule has 0 unspecified atom stereocenters. The van der Waals surface area contributed by atoms with E-state index in [1.54, 1.807) is 13.8 Å². The SMILES string of the molecule is CC(C)(CC#N)C(=O)OCCC#N. The minimum absolute atomic E-state index is 0.101. The number of nitrogens with zero attached hydrogens (tertiary/aromatic N) is 2. The van der Waals surface area contributed by atoms with Gasteiger partial charge in [0.2, 0.25) is 0 Å². The molecule has 0 atom stereocenters. The number of rotatable bonds is 4. The molecule has 4 nitrogen and oxygen atoms in total. The summed E-state index contributed by atoms with van der Waals surface area (Å²) in [6.45, 7) is 3.39. The van der Waals surface area contributed by atoms with Crippen molar-refractivity contribution in [2.75, 3.05) is 6.61 Å². The van der Waals surface area contributed by atoms with Gasteiger partial charge in [0.05, 0.1) is 30.4 Å². The molecule has 0 aromatic carbocycles. The molecule has 70 valence electrons. The van der Waals surface area contributed by atoms with Crippen molar-refractivity contribution in [2.24, 2.45) is 5.41 Å². The monoisotopic (exact) mass is 180 g/mol. The summed E-state index contributed by atoms with van der Waals surface area (Å²) in [5.74, 6) is -0.427. The zero-order valence-electron chi connectivity index (χ0n) is 7.83. The summed E-state index contributed by atoms with van der Waals surface area (Å²) in [7, 11) is 0. The number of hydrogen-bond acceptors (Lipinski definition) is 4. The number of nitriles is 2. The first-order valence-electron chi connectivity index (χ1n) is 3.95. The molecule has 0 radical (unpaired) electrons. The van der Waals surface area contributed by atoms with Gasteiger partial charge in [-0.05, 0) is 13.8 Å². The molecule has 0 heterocycles. The molecular formula is C9H12N2O2. The van der Waals surface area contributed by atoms with Crippen LogP contribution < -0.4 is 0 Å². The van der Waals surface area contributed by atoms with E-state index < -0.39 is 11.4 Å². The van der Waals surface area contributed by atoms with Crippen molar-refractivity contribution in [3.63, 3.8) is 0 Å². The Morgan fingerprint density at radius 2 is 2.00 bits per heavy atom. The highest BCUT2D eigenvalue weighted by Crippen LogP contribution is 2.21. The summed E-state index contributed by atoms with van der Waals surface area (Å²) in [5.41, 5.74) is -0.774. The molecule has 0 aliphatic rings. The topological polar surface area (TPSA) is 73.9 Å². The van der Waals surface area contributed by atoms with Crippen LogP contribution in [0.15, 0.2) is 0 Å². The van der Waals surface area contributed by atoms with E-state index in [1.165, 1.54) is 0 Å². The first kappa shape index (κ1) is 11.4. The highest BCUT2D eigenvalue weighted by molar-refractivity contribution is 5.76. The molecule has 0 aromatic rings. The fourth-order valence-electron chi connectivity index (χ4n) is 0.655. The van der Waals surface area contributed by atoms with E-state index in [-0.39, 0.29) is 19.4 Å². The van der Waals surface area contributed by atoms with Gasteiger partial charge in [0, 0.05) is 0 Å². The lowest BCUT2D eigenvalue weighted by Gasteiger charge is -2.18. The fourth-order valence-corrected chi connectivity index (χ4v) is 0.655. The predicted molar refractivity (Wildman–Crippen MR) is 45.2 cm³/mol. The van der Waals surface area contributed by atoms with Gasteiger partial charge in [-0.15, -0.1) is 0 Å². The van der Waals surface area contributed by atoms with Crippen LogP contribution in [-0.2, 0) is 9.53 Å². The van der Waals surface area contributed by atoms with E-state index in [9.17, 15) is 4.79 Å². The average molecular weight is 180 g/mol. The minimum atomic E-state index is -0.774. The summed E-state index contributed by atoms with van der Waals surface area (Å²) in [4.78, 5) is 11.2. The lowest BCUT2D eigenvalue weighted by molar-refractivity contribution is -0.153. The van der Waals surface area contributed by atoms with Crippen LogP contribution in [0.4, 0.5) is 0 Å². The second kappa shape index (κ2) is 5.16. The quantitative estimate of drug-likeness (QED) is 0.484. The highest BCUT2D eigenvalue weighted by Gasteiger charge is 2.28. The van der Waals surface area contributed by atoms with Gasteiger partial charge >= 0.3 is 5.97 Å². The Hall–Kier alpha value is -1.55. The Morgan fingerprint density at radius 3 is 2.46 bits per heavy atom. The van der Waals surface area contributed by atoms with Crippen LogP contribution >= 0.6 is 0 Å². The molecule has 0 bridgehead atoms. The minimum Gasteiger partial charge on any atom is -0.464 e. The van der Waals surface area contributed by atoms with Gasteiger partial charge in [0.15, 0.2) is 0 Å². The second-order valence-electron chi connectivity index (χ2n) is 3.26. The average Bonchev–Trinajstić information content (AvgIpc) is 2.04. The summed E-state index contributed by atoms with van der Waals surface area (Å²) in [6, 6.07) is 3.78. The molecule has 0 rings (SSSR count). The first-order chi connectivity index (χ1) is 6.04. The van der Waals surface area contributed by atoms with E-state index in [4.69, 9.17) is 15.3 Å². The van der Waals surface area contributed by atoms with Crippen molar-refractivity contribution in [1.82, 2.24) is 0 Å². The van der Waals surface area contributed by atoms with Crippen molar-refractivity contribution < 1.29 is 9.53 Å². The Balaban J connectivity index is 3.97. The van der Waals surface area contributed by atoms with Gasteiger partial charge in [-0.2, -0.15) is 10.5 Å². The van der Waals surface area contributed by atoms with Gasteiger partial charge in [0.1, 0.15) is 6.61 Å². The maximum absolute atomic E-state index is 11.2.